The van der Waals surface area contributed by atoms with Crippen LogP contribution in [-0.4, -0.2) is 5.78 Å². The van der Waals surface area contributed by atoms with Crippen molar-refractivity contribution in [3.8, 4) is 0 Å². The normalized spacial score (nSPS) is 11.3. The van der Waals surface area contributed by atoms with E-state index in [2.05, 4.69) is 0 Å². The molecule has 0 saturated heterocycles. The zero-order valence-corrected chi connectivity index (χ0v) is 12.2. The van der Waals surface area contributed by atoms with Gasteiger partial charge in [-0.25, -0.2) is 0 Å². The number of pyridine rings is 1. The van der Waals surface area contributed by atoms with E-state index in [1.54, 1.807) is 41.2 Å². The average molecular weight is 316 g/mol. The van der Waals surface area contributed by atoms with Gasteiger partial charge < -0.3 is 0 Å². The molecular weight excluding hydrogens is 305 g/mol. The summed E-state index contributed by atoms with van der Waals surface area (Å²) in [5, 5.41) is 0. The third-order valence-electron chi connectivity index (χ3n) is 2.64. The number of hydrogen-bond donors (Lipinski definition) is 0. The van der Waals surface area contributed by atoms with E-state index < -0.39 is 3.79 Å². The van der Waals surface area contributed by atoms with Crippen molar-refractivity contribution in [2.45, 2.75) is 10.3 Å². The number of halogens is 3. The molecule has 0 aliphatic carbocycles. The van der Waals surface area contributed by atoms with E-state index in [1.807, 2.05) is 18.2 Å². The van der Waals surface area contributed by atoms with Gasteiger partial charge in [0, 0.05) is 23.3 Å². The molecule has 5 heteroatoms. The summed E-state index contributed by atoms with van der Waals surface area (Å²) in [7, 11) is 0. The van der Waals surface area contributed by atoms with Gasteiger partial charge in [-0.1, -0.05) is 65.1 Å². The highest BCUT2D eigenvalue weighted by molar-refractivity contribution is 6.66. The van der Waals surface area contributed by atoms with Crippen LogP contribution in [0.5, 0.6) is 0 Å². The molecule has 0 unspecified atom stereocenters. The summed E-state index contributed by atoms with van der Waals surface area (Å²) in [6.07, 6.45) is 3.44. The molecule has 1 aromatic heterocycles. The Kier molecular flexibility index (Phi) is 4.46. The summed E-state index contributed by atoms with van der Waals surface area (Å²) >= 11 is 17.3. The minimum Gasteiger partial charge on any atom is -0.287 e. The first kappa shape index (κ1) is 14.3. The van der Waals surface area contributed by atoms with Crippen LogP contribution in [0.4, 0.5) is 0 Å². The molecule has 0 radical (unpaired) electrons. The van der Waals surface area contributed by atoms with Gasteiger partial charge in [-0.2, -0.15) is 4.57 Å². The Hall–Kier alpha value is -1.09. The molecule has 0 amide bonds. The second-order valence-corrected chi connectivity index (χ2v) is 6.33. The number of benzene rings is 1. The third-order valence-corrected chi connectivity index (χ3v) is 3.30. The monoisotopic (exact) mass is 314 g/mol. The Morgan fingerprint density at radius 1 is 1.00 bits per heavy atom. The molecule has 0 aliphatic heterocycles. The number of alkyl halides is 3. The summed E-state index contributed by atoms with van der Waals surface area (Å²) in [5.41, 5.74) is 1.25. The van der Waals surface area contributed by atoms with Crippen molar-refractivity contribution in [2.75, 3.05) is 0 Å². The van der Waals surface area contributed by atoms with Crippen molar-refractivity contribution in [3.05, 3.63) is 66.0 Å². The number of Topliss-reactive ketones (excluding diaryl/α,β-unsaturated/α-hetero) is 1. The van der Waals surface area contributed by atoms with Gasteiger partial charge in [0.25, 0.3) is 0 Å². The molecule has 2 aromatic rings. The van der Waals surface area contributed by atoms with Gasteiger partial charge in [0.15, 0.2) is 12.4 Å². The zero-order valence-electron chi connectivity index (χ0n) is 9.89. The smallest absolute Gasteiger partial charge is 0.227 e. The van der Waals surface area contributed by atoms with E-state index in [9.17, 15) is 4.79 Å². The van der Waals surface area contributed by atoms with E-state index in [0.29, 0.717) is 11.1 Å². The quantitative estimate of drug-likeness (QED) is 0.481. The number of rotatable bonds is 3. The second-order valence-electron chi connectivity index (χ2n) is 4.05. The molecule has 0 aliphatic rings. The molecule has 0 bridgehead atoms. The van der Waals surface area contributed by atoms with Gasteiger partial charge in [-0.15, -0.1) is 0 Å². The Morgan fingerprint density at radius 3 is 2.11 bits per heavy atom. The van der Waals surface area contributed by atoms with Crippen molar-refractivity contribution < 1.29 is 9.36 Å². The Morgan fingerprint density at radius 2 is 1.58 bits per heavy atom. The third kappa shape index (κ3) is 3.93. The number of hydrogen-bond acceptors (Lipinski definition) is 1. The number of carbonyl (C=O) groups is 1. The standard InChI is InChI=1S/C14H11Cl3NO/c15-14(16,17)12-6-8-18(9-7-12)10-13(19)11-4-2-1-3-5-11/h1-9H,10H2/q+1. The van der Waals surface area contributed by atoms with Crippen LogP contribution in [-0.2, 0) is 10.3 Å². The molecule has 0 fully saturated rings. The van der Waals surface area contributed by atoms with Crippen LogP contribution >= 0.6 is 34.8 Å². The molecule has 2 nitrogen and oxygen atoms in total. The summed E-state index contributed by atoms with van der Waals surface area (Å²) in [6, 6.07) is 12.5. The molecule has 0 spiro atoms. The van der Waals surface area contributed by atoms with E-state index in [0.717, 1.165) is 0 Å². The molecule has 2 rings (SSSR count). The highest BCUT2D eigenvalue weighted by Gasteiger charge is 2.23. The molecule has 0 atom stereocenters. The van der Waals surface area contributed by atoms with Crippen LogP contribution in [0.2, 0.25) is 0 Å². The van der Waals surface area contributed by atoms with Crippen molar-refractivity contribution >= 4 is 40.6 Å². The first-order valence-electron chi connectivity index (χ1n) is 5.61. The number of carbonyl (C=O) groups excluding carboxylic acids is 1. The van der Waals surface area contributed by atoms with Crippen molar-refractivity contribution in [2.24, 2.45) is 0 Å². The van der Waals surface area contributed by atoms with Crippen molar-refractivity contribution in [1.82, 2.24) is 0 Å². The fourth-order valence-electron chi connectivity index (χ4n) is 1.63. The molecule has 19 heavy (non-hydrogen) atoms. The SMILES string of the molecule is O=C(C[n+]1ccc(C(Cl)(Cl)Cl)cc1)c1ccccc1. The number of nitrogens with zero attached hydrogens (tertiary/aromatic N) is 1. The number of aromatic nitrogens is 1. The molecule has 1 aromatic carbocycles. The van der Waals surface area contributed by atoms with Crippen LogP contribution in [0.1, 0.15) is 15.9 Å². The lowest BCUT2D eigenvalue weighted by Crippen LogP contribution is -2.37. The Bertz CT molecular complexity index is 561. The molecule has 0 saturated carbocycles. The highest BCUT2D eigenvalue weighted by Crippen LogP contribution is 2.37. The van der Waals surface area contributed by atoms with Gasteiger partial charge in [0.2, 0.25) is 16.1 Å². The van der Waals surface area contributed by atoms with Gasteiger partial charge in [-0.05, 0) is 0 Å². The lowest BCUT2D eigenvalue weighted by molar-refractivity contribution is -0.683. The number of ketones is 1. The maximum atomic E-state index is 12.0. The molecule has 1 heterocycles. The van der Waals surface area contributed by atoms with Crippen LogP contribution in [0.25, 0.3) is 0 Å². The predicted octanol–water partition coefficient (Wildman–Crippen LogP) is 3.68. The highest BCUT2D eigenvalue weighted by atomic mass is 35.6. The topological polar surface area (TPSA) is 20.9 Å². The van der Waals surface area contributed by atoms with Crippen molar-refractivity contribution in [3.63, 3.8) is 0 Å². The van der Waals surface area contributed by atoms with Gasteiger partial charge in [0.1, 0.15) is 0 Å². The second kappa shape index (κ2) is 5.91. The minimum atomic E-state index is -1.44. The summed E-state index contributed by atoms with van der Waals surface area (Å²) in [5.74, 6) is 0.0345. The largest absolute Gasteiger partial charge is 0.287 e. The Labute approximate surface area is 126 Å². The lowest BCUT2D eigenvalue weighted by Gasteiger charge is -2.09. The maximum Gasteiger partial charge on any atom is 0.227 e. The van der Waals surface area contributed by atoms with E-state index in [-0.39, 0.29) is 12.3 Å². The maximum absolute atomic E-state index is 12.0. The summed E-state index contributed by atoms with van der Waals surface area (Å²) in [4.78, 5) is 12.0. The van der Waals surface area contributed by atoms with Crippen molar-refractivity contribution in [1.29, 1.82) is 0 Å². The zero-order chi connectivity index (χ0) is 13.9. The first-order chi connectivity index (χ1) is 8.97. The van der Waals surface area contributed by atoms with Gasteiger partial charge in [0.05, 0.1) is 0 Å². The van der Waals surface area contributed by atoms with E-state index in [4.69, 9.17) is 34.8 Å². The van der Waals surface area contributed by atoms with E-state index in [1.165, 1.54) is 0 Å². The summed E-state index contributed by atoms with van der Waals surface area (Å²) in [6.45, 7) is 0.254. The van der Waals surface area contributed by atoms with Gasteiger partial charge in [-0.3, -0.25) is 4.79 Å². The van der Waals surface area contributed by atoms with Gasteiger partial charge >= 0.3 is 0 Å². The van der Waals surface area contributed by atoms with Crippen LogP contribution in [0.15, 0.2) is 54.9 Å². The van der Waals surface area contributed by atoms with Crippen LogP contribution in [0, 0.1) is 0 Å². The van der Waals surface area contributed by atoms with Crippen LogP contribution < -0.4 is 4.57 Å². The molecule has 0 N–H and O–H groups in total. The minimum absolute atomic E-state index is 0.0345. The summed E-state index contributed by atoms with van der Waals surface area (Å²) < 4.78 is 0.303. The Balaban J connectivity index is 2.10. The first-order valence-corrected chi connectivity index (χ1v) is 6.75. The molecule has 98 valence electrons. The molecular formula is C14H11Cl3NO+. The van der Waals surface area contributed by atoms with E-state index >= 15 is 0 Å². The van der Waals surface area contributed by atoms with Crippen LogP contribution in [0.3, 0.4) is 0 Å². The fraction of sp³-hybridized carbons (Fsp3) is 0.143. The average Bonchev–Trinajstić information content (AvgIpc) is 2.39. The lowest BCUT2D eigenvalue weighted by atomic mass is 10.1. The predicted molar refractivity (Wildman–Crippen MR) is 76.6 cm³/mol. The fourth-order valence-corrected chi connectivity index (χ4v) is 2.01.